The summed E-state index contributed by atoms with van der Waals surface area (Å²) in [7, 11) is 0. The molecule has 0 unspecified atom stereocenters. The van der Waals surface area contributed by atoms with E-state index >= 15 is 0 Å². The van der Waals surface area contributed by atoms with Gasteiger partial charge in [0.15, 0.2) is 0 Å². The molecule has 6 heteroatoms. The minimum atomic E-state index is -0.453. The van der Waals surface area contributed by atoms with Gasteiger partial charge in [-0.25, -0.2) is 4.79 Å². The van der Waals surface area contributed by atoms with E-state index in [0.29, 0.717) is 21.5 Å². The van der Waals surface area contributed by atoms with Gasteiger partial charge in [-0.05, 0) is 30.7 Å². The van der Waals surface area contributed by atoms with E-state index in [1.54, 1.807) is 18.4 Å². The number of nitrogens with zero attached hydrogens (tertiary/aromatic N) is 2. The Morgan fingerprint density at radius 3 is 2.83 bits per heavy atom. The van der Waals surface area contributed by atoms with Gasteiger partial charge in [0.05, 0.1) is 27.9 Å². The molecule has 0 bridgehead atoms. The van der Waals surface area contributed by atoms with Crippen LogP contribution in [0.1, 0.15) is 5.56 Å². The van der Waals surface area contributed by atoms with E-state index in [-0.39, 0.29) is 5.82 Å². The Labute approximate surface area is 135 Å². The maximum Gasteiger partial charge on any atom is 0.354 e. The molecule has 23 heavy (non-hydrogen) atoms. The summed E-state index contributed by atoms with van der Waals surface area (Å²) in [5.41, 5.74) is 8.31. The zero-order chi connectivity index (χ0) is 16.1. The van der Waals surface area contributed by atoms with Crippen molar-refractivity contribution in [2.45, 2.75) is 6.92 Å². The highest BCUT2D eigenvalue weighted by Gasteiger charge is 2.17. The maximum absolute atomic E-state index is 12.5. The summed E-state index contributed by atoms with van der Waals surface area (Å²) in [5, 5.41) is 1.81. The SMILES string of the molecule is Cc1ccccc1-n1c(=O)nc(N)c2c3occc3c(Cl)cc21. The second-order valence-electron chi connectivity index (χ2n) is 5.32. The second kappa shape index (κ2) is 4.86. The maximum atomic E-state index is 12.5. The molecule has 0 atom stereocenters. The number of rotatable bonds is 1. The van der Waals surface area contributed by atoms with Crippen LogP contribution in [0.15, 0.2) is 51.9 Å². The zero-order valence-corrected chi connectivity index (χ0v) is 13.0. The molecule has 2 aromatic heterocycles. The number of hydrogen-bond acceptors (Lipinski definition) is 4. The molecular weight excluding hydrogens is 314 g/mol. The monoisotopic (exact) mass is 325 g/mol. The molecule has 0 fully saturated rings. The first-order chi connectivity index (χ1) is 11.1. The van der Waals surface area contributed by atoms with E-state index in [9.17, 15) is 4.79 Å². The van der Waals surface area contributed by atoms with Crippen LogP contribution in [0, 0.1) is 6.92 Å². The Hall–Kier alpha value is -2.79. The minimum absolute atomic E-state index is 0.131. The van der Waals surface area contributed by atoms with Gasteiger partial charge in [0, 0.05) is 5.39 Å². The molecule has 5 nitrogen and oxygen atoms in total. The number of nitrogen functional groups attached to an aromatic ring is 1. The largest absolute Gasteiger partial charge is 0.463 e. The molecule has 2 heterocycles. The molecule has 0 aliphatic heterocycles. The van der Waals surface area contributed by atoms with Crippen molar-refractivity contribution in [1.29, 1.82) is 0 Å². The number of fused-ring (bicyclic) bond motifs is 3. The number of aryl methyl sites for hydroxylation is 1. The van der Waals surface area contributed by atoms with Gasteiger partial charge in [0.1, 0.15) is 11.4 Å². The van der Waals surface area contributed by atoms with E-state index in [1.165, 1.54) is 4.57 Å². The Morgan fingerprint density at radius 1 is 1.26 bits per heavy atom. The van der Waals surface area contributed by atoms with Crippen molar-refractivity contribution in [3.8, 4) is 5.69 Å². The first kappa shape index (κ1) is 13.8. The molecular formula is C17H12ClN3O2. The molecule has 2 N–H and O–H groups in total. The van der Waals surface area contributed by atoms with E-state index in [0.717, 1.165) is 16.6 Å². The zero-order valence-electron chi connectivity index (χ0n) is 12.2. The van der Waals surface area contributed by atoms with Crippen LogP contribution in [-0.2, 0) is 0 Å². The lowest BCUT2D eigenvalue weighted by molar-refractivity contribution is 0.619. The summed E-state index contributed by atoms with van der Waals surface area (Å²) in [6.45, 7) is 1.93. The number of benzene rings is 2. The van der Waals surface area contributed by atoms with Gasteiger partial charge in [0.25, 0.3) is 0 Å². The lowest BCUT2D eigenvalue weighted by Gasteiger charge is -2.13. The molecule has 0 saturated carbocycles. The number of aromatic nitrogens is 2. The highest BCUT2D eigenvalue weighted by molar-refractivity contribution is 6.37. The van der Waals surface area contributed by atoms with Gasteiger partial charge >= 0.3 is 5.69 Å². The fourth-order valence-corrected chi connectivity index (χ4v) is 3.11. The average Bonchev–Trinajstić information content (AvgIpc) is 2.98. The van der Waals surface area contributed by atoms with Crippen molar-refractivity contribution < 1.29 is 4.42 Å². The van der Waals surface area contributed by atoms with Crippen LogP contribution in [0.4, 0.5) is 5.82 Å². The lowest BCUT2D eigenvalue weighted by Crippen LogP contribution is -2.23. The van der Waals surface area contributed by atoms with Gasteiger partial charge in [0.2, 0.25) is 0 Å². The summed E-state index contributed by atoms with van der Waals surface area (Å²) >= 11 is 6.34. The van der Waals surface area contributed by atoms with Crippen LogP contribution in [0.5, 0.6) is 0 Å². The van der Waals surface area contributed by atoms with Crippen molar-refractivity contribution in [2.24, 2.45) is 0 Å². The van der Waals surface area contributed by atoms with E-state index in [1.807, 2.05) is 31.2 Å². The van der Waals surface area contributed by atoms with Gasteiger partial charge in [-0.1, -0.05) is 29.8 Å². The molecule has 0 saturated heterocycles. The topological polar surface area (TPSA) is 74.0 Å². The molecule has 0 aliphatic rings. The number of furan rings is 1. The van der Waals surface area contributed by atoms with Crippen LogP contribution >= 0.6 is 11.6 Å². The minimum Gasteiger partial charge on any atom is -0.463 e. The van der Waals surface area contributed by atoms with Crippen molar-refractivity contribution in [3.05, 3.63) is 63.7 Å². The number of hydrogen-bond donors (Lipinski definition) is 1. The molecule has 114 valence electrons. The van der Waals surface area contributed by atoms with Crippen molar-refractivity contribution in [2.75, 3.05) is 5.73 Å². The summed E-state index contributed by atoms with van der Waals surface area (Å²) in [6.07, 6.45) is 1.54. The molecule has 0 amide bonds. The molecule has 0 radical (unpaired) electrons. The Bertz CT molecular complexity index is 1130. The number of nitrogens with two attached hydrogens (primary N) is 1. The predicted molar refractivity (Wildman–Crippen MR) is 91.3 cm³/mol. The third-order valence-corrected chi connectivity index (χ3v) is 4.24. The summed E-state index contributed by atoms with van der Waals surface area (Å²) in [6, 6.07) is 11.0. The third kappa shape index (κ3) is 1.94. The Kier molecular flexibility index (Phi) is 2.92. The second-order valence-corrected chi connectivity index (χ2v) is 5.72. The fraction of sp³-hybridized carbons (Fsp3) is 0.0588. The van der Waals surface area contributed by atoms with Crippen LogP contribution in [0.3, 0.4) is 0 Å². The smallest absolute Gasteiger partial charge is 0.354 e. The Balaban J connectivity index is 2.28. The molecule has 0 aliphatic carbocycles. The normalized spacial score (nSPS) is 11.4. The van der Waals surface area contributed by atoms with Gasteiger partial charge in [-0.3, -0.25) is 4.57 Å². The van der Waals surface area contributed by atoms with E-state index in [2.05, 4.69) is 4.98 Å². The number of anilines is 1. The quantitative estimate of drug-likeness (QED) is 0.579. The van der Waals surface area contributed by atoms with Crippen LogP contribution in [0.2, 0.25) is 5.02 Å². The number of para-hydroxylation sites is 1. The fourth-order valence-electron chi connectivity index (χ4n) is 2.86. The predicted octanol–water partition coefficient (Wildman–Crippen LogP) is 3.68. The first-order valence-corrected chi connectivity index (χ1v) is 7.39. The highest BCUT2D eigenvalue weighted by Crippen LogP contribution is 2.35. The lowest BCUT2D eigenvalue weighted by atomic mass is 10.1. The average molecular weight is 326 g/mol. The van der Waals surface area contributed by atoms with E-state index < -0.39 is 5.69 Å². The highest BCUT2D eigenvalue weighted by atomic mass is 35.5. The van der Waals surface area contributed by atoms with Crippen LogP contribution in [-0.4, -0.2) is 9.55 Å². The number of halogens is 1. The van der Waals surface area contributed by atoms with Crippen molar-refractivity contribution >= 4 is 39.3 Å². The standard InChI is InChI=1S/C17H12ClN3O2/c1-9-4-2-3-5-12(9)21-13-8-11(18)10-6-7-23-15(10)14(13)16(19)20-17(21)22/h2-8H,1H3,(H2,19,20,22). The third-order valence-electron chi connectivity index (χ3n) is 3.93. The summed E-state index contributed by atoms with van der Waals surface area (Å²) in [5.74, 6) is 0.131. The summed E-state index contributed by atoms with van der Waals surface area (Å²) in [4.78, 5) is 16.5. The van der Waals surface area contributed by atoms with E-state index in [4.69, 9.17) is 21.8 Å². The molecule has 4 aromatic rings. The van der Waals surface area contributed by atoms with Gasteiger partial charge in [-0.2, -0.15) is 4.98 Å². The summed E-state index contributed by atoms with van der Waals surface area (Å²) < 4.78 is 7.04. The first-order valence-electron chi connectivity index (χ1n) is 7.02. The van der Waals surface area contributed by atoms with Gasteiger partial charge in [-0.15, -0.1) is 0 Å². The van der Waals surface area contributed by atoms with Crippen LogP contribution < -0.4 is 11.4 Å². The van der Waals surface area contributed by atoms with Gasteiger partial charge < -0.3 is 10.2 Å². The molecule has 4 rings (SSSR count). The van der Waals surface area contributed by atoms with Crippen LogP contribution in [0.25, 0.3) is 27.6 Å². The molecule has 2 aromatic carbocycles. The van der Waals surface area contributed by atoms with Crippen molar-refractivity contribution in [3.63, 3.8) is 0 Å². The molecule has 0 spiro atoms. The van der Waals surface area contributed by atoms with Crippen molar-refractivity contribution in [1.82, 2.24) is 9.55 Å². The Morgan fingerprint density at radius 2 is 2.04 bits per heavy atom.